The summed E-state index contributed by atoms with van der Waals surface area (Å²) in [4.78, 5) is 37.7. The lowest BCUT2D eigenvalue weighted by atomic mass is 10.0. The Kier molecular flexibility index (Phi) is 8.74. The van der Waals surface area contributed by atoms with Crippen LogP contribution >= 0.6 is 0 Å². The fourth-order valence-electron chi connectivity index (χ4n) is 2.72. The highest BCUT2D eigenvalue weighted by molar-refractivity contribution is 6.04. The molecule has 0 aromatic heterocycles. The van der Waals surface area contributed by atoms with Crippen molar-refractivity contribution < 1.29 is 19.6 Å². The second-order valence-corrected chi connectivity index (χ2v) is 6.91. The number of carbonyl (C=O) groups excluding carboxylic acids is 3. The van der Waals surface area contributed by atoms with Crippen LogP contribution in [0.2, 0.25) is 0 Å². The monoisotopic (exact) mass is 410 g/mol. The summed E-state index contributed by atoms with van der Waals surface area (Å²) in [5.41, 5.74) is 3.56. The molecular formula is C22H26N4O4. The van der Waals surface area contributed by atoms with E-state index in [0.29, 0.717) is 12.0 Å². The quantitative estimate of drug-likeness (QED) is 0.303. The molecule has 158 valence electrons. The summed E-state index contributed by atoms with van der Waals surface area (Å²) < 4.78 is 0. The van der Waals surface area contributed by atoms with Crippen LogP contribution in [0.25, 0.3) is 6.08 Å². The minimum Gasteiger partial charge on any atom is -0.331 e. The number of hydroxylamine groups is 1. The van der Waals surface area contributed by atoms with Crippen LogP contribution in [0.1, 0.15) is 33.9 Å². The molecule has 0 heterocycles. The van der Waals surface area contributed by atoms with Gasteiger partial charge in [-0.05, 0) is 56.4 Å². The average Bonchev–Trinajstić information content (AvgIpc) is 2.75. The number of rotatable bonds is 8. The van der Waals surface area contributed by atoms with Gasteiger partial charge in [-0.15, -0.1) is 0 Å². The van der Waals surface area contributed by atoms with Crippen LogP contribution in [0.15, 0.2) is 60.7 Å². The molecule has 8 nitrogen and oxygen atoms in total. The summed E-state index contributed by atoms with van der Waals surface area (Å²) in [5, 5.41) is 13.7. The number of hydrogen-bond acceptors (Lipinski definition) is 5. The molecule has 30 heavy (non-hydrogen) atoms. The molecule has 0 bridgehead atoms. The van der Waals surface area contributed by atoms with E-state index in [9.17, 15) is 14.4 Å². The summed E-state index contributed by atoms with van der Waals surface area (Å²) in [5.74, 6) is -1.09. The first-order valence-corrected chi connectivity index (χ1v) is 9.42. The maximum atomic E-state index is 12.4. The molecule has 0 radical (unpaired) electrons. The fourth-order valence-corrected chi connectivity index (χ4v) is 2.72. The highest BCUT2D eigenvalue weighted by Gasteiger charge is 2.17. The highest BCUT2D eigenvalue weighted by atomic mass is 16.5. The van der Waals surface area contributed by atoms with E-state index in [1.165, 1.54) is 11.6 Å². The number of nitrogens with one attached hydrogen (secondary N) is 3. The molecule has 0 saturated heterocycles. The van der Waals surface area contributed by atoms with Gasteiger partial charge in [-0.3, -0.25) is 20.1 Å². The Morgan fingerprint density at radius 3 is 2.30 bits per heavy atom. The standard InChI is InChI=1S/C22H26N4O4/c1-26(2)15-14-19(17-11-8-16(9-12-17)10-13-20(27)25-30)23-22(29)24-21(28)18-6-4-3-5-7-18/h3-13,19,30H,14-15H2,1-2H3,(H,25,27)(H2,23,24,28,29). The second-order valence-electron chi connectivity index (χ2n) is 6.91. The van der Waals surface area contributed by atoms with Crippen molar-refractivity contribution in [1.82, 2.24) is 21.0 Å². The van der Waals surface area contributed by atoms with E-state index in [2.05, 4.69) is 10.6 Å². The lowest BCUT2D eigenvalue weighted by Crippen LogP contribution is -2.41. The summed E-state index contributed by atoms with van der Waals surface area (Å²) in [7, 11) is 3.88. The van der Waals surface area contributed by atoms with Crippen molar-refractivity contribution in [3.63, 3.8) is 0 Å². The van der Waals surface area contributed by atoms with Gasteiger partial charge in [-0.1, -0.05) is 42.5 Å². The van der Waals surface area contributed by atoms with Gasteiger partial charge in [0.2, 0.25) is 0 Å². The largest absolute Gasteiger partial charge is 0.331 e. The van der Waals surface area contributed by atoms with E-state index >= 15 is 0 Å². The topological polar surface area (TPSA) is 111 Å². The summed E-state index contributed by atoms with van der Waals surface area (Å²) >= 11 is 0. The van der Waals surface area contributed by atoms with E-state index in [1.807, 2.05) is 31.1 Å². The Hall–Kier alpha value is -3.49. The molecule has 4 N–H and O–H groups in total. The Morgan fingerprint density at radius 2 is 1.70 bits per heavy atom. The molecule has 1 atom stereocenters. The van der Waals surface area contributed by atoms with Crippen LogP contribution in [0.3, 0.4) is 0 Å². The van der Waals surface area contributed by atoms with E-state index in [0.717, 1.165) is 17.7 Å². The van der Waals surface area contributed by atoms with E-state index in [1.54, 1.807) is 48.5 Å². The van der Waals surface area contributed by atoms with Crippen LogP contribution in [0, 0.1) is 0 Å². The number of urea groups is 1. The number of imide groups is 1. The summed E-state index contributed by atoms with van der Waals surface area (Å²) in [6, 6.07) is 14.9. The van der Waals surface area contributed by atoms with Crippen molar-refractivity contribution in [3.8, 4) is 0 Å². The molecule has 0 aliphatic carbocycles. The van der Waals surface area contributed by atoms with Crippen LogP contribution in [0.5, 0.6) is 0 Å². The van der Waals surface area contributed by atoms with Gasteiger partial charge in [0, 0.05) is 11.6 Å². The second kappa shape index (κ2) is 11.5. The maximum Gasteiger partial charge on any atom is 0.322 e. The molecule has 0 aliphatic rings. The number of nitrogens with zero attached hydrogens (tertiary/aromatic N) is 1. The molecular weight excluding hydrogens is 384 g/mol. The molecule has 4 amide bonds. The molecule has 2 rings (SSSR count). The van der Waals surface area contributed by atoms with Crippen molar-refractivity contribution in [1.29, 1.82) is 0 Å². The van der Waals surface area contributed by atoms with Crippen LogP contribution in [-0.2, 0) is 4.79 Å². The SMILES string of the molecule is CN(C)CCC(NC(=O)NC(=O)c1ccccc1)c1ccc(C=CC(=O)NO)cc1. The van der Waals surface area contributed by atoms with Gasteiger partial charge in [0.1, 0.15) is 0 Å². The maximum absolute atomic E-state index is 12.4. The predicted octanol–water partition coefficient (Wildman–Crippen LogP) is 2.34. The zero-order valence-corrected chi connectivity index (χ0v) is 17.0. The number of hydrogen-bond donors (Lipinski definition) is 4. The van der Waals surface area contributed by atoms with Gasteiger partial charge in [0.05, 0.1) is 6.04 Å². The minimum atomic E-state index is -0.621. The normalized spacial score (nSPS) is 11.9. The first-order chi connectivity index (χ1) is 14.4. The van der Waals surface area contributed by atoms with Gasteiger partial charge < -0.3 is 10.2 Å². The number of amides is 4. The first kappa shape index (κ1) is 22.8. The van der Waals surface area contributed by atoms with E-state index in [4.69, 9.17) is 5.21 Å². The van der Waals surface area contributed by atoms with Crippen LogP contribution < -0.4 is 16.1 Å². The van der Waals surface area contributed by atoms with E-state index in [-0.39, 0.29) is 6.04 Å². The van der Waals surface area contributed by atoms with Gasteiger partial charge >= 0.3 is 6.03 Å². The van der Waals surface area contributed by atoms with Gasteiger partial charge in [0.25, 0.3) is 11.8 Å². The zero-order valence-electron chi connectivity index (χ0n) is 17.0. The fraction of sp³-hybridized carbons (Fsp3) is 0.227. The Morgan fingerprint density at radius 1 is 1.03 bits per heavy atom. The summed E-state index contributed by atoms with van der Waals surface area (Å²) in [6.07, 6.45) is 3.41. The number of carbonyl (C=O) groups is 3. The lowest BCUT2D eigenvalue weighted by Gasteiger charge is -2.21. The molecule has 0 saturated carbocycles. The zero-order chi connectivity index (χ0) is 21.9. The van der Waals surface area contributed by atoms with Crippen LogP contribution in [-0.4, -0.2) is 48.6 Å². The average molecular weight is 410 g/mol. The summed E-state index contributed by atoms with van der Waals surface area (Å²) in [6.45, 7) is 0.732. The molecule has 2 aromatic carbocycles. The van der Waals surface area contributed by atoms with Crippen molar-refractivity contribution in [2.45, 2.75) is 12.5 Å². The Balaban J connectivity index is 2.07. The first-order valence-electron chi connectivity index (χ1n) is 9.42. The van der Waals surface area contributed by atoms with Crippen molar-refractivity contribution in [2.75, 3.05) is 20.6 Å². The molecule has 0 fully saturated rings. The molecule has 0 spiro atoms. The third kappa shape index (κ3) is 7.50. The highest BCUT2D eigenvalue weighted by Crippen LogP contribution is 2.18. The minimum absolute atomic E-state index is 0.310. The van der Waals surface area contributed by atoms with Gasteiger partial charge in [-0.2, -0.15) is 0 Å². The smallest absolute Gasteiger partial charge is 0.322 e. The Bertz CT molecular complexity index is 880. The van der Waals surface area contributed by atoms with Gasteiger partial charge in [-0.25, -0.2) is 10.3 Å². The van der Waals surface area contributed by atoms with Crippen molar-refractivity contribution >= 4 is 23.9 Å². The molecule has 0 aliphatic heterocycles. The van der Waals surface area contributed by atoms with Crippen molar-refractivity contribution in [2.24, 2.45) is 0 Å². The van der Waals surface area contributed by atoms with E-state index < -0.39 is 17.8 Å². The predicted molar refractivity (Wildman–Crippen MR) is 114 cm³/mol. The number of benzene rings is 2. The molecule has 8 heteroatoms. The third-order valence-electron chi connectivity index (χ3n) is 4.31. The third-order valence-corrected chi connectivity index (χ3v) is 4.31. The van der Waals surface area contributed by atoms with Crippen LogP contribution in [0.4, 0.5) is 4.79 Å². The Labute approximate surface area is 175 Å². The molecule has 1 unspecified atom stereocenters. The van der Waals surface area contributed by atoms with Gasteiger partial charge in [0.15, 0.2) is 0 Å². The lowest BCUT2D eigenvalue weighted by molar-refractivity contribution is -0.124. The molecule has 2 aromatic rings. The van der Waals surface area contributed by atoms with Crippen molar-refractivity contribution in [3.05, 3.63) is 77.4 Å².